The van der Waals surface area contributed by atoms with Crippen molar-refractivity contribution in [3.05, 3.63) is 63.1 Å². The zero-order valence-electron chi connectivity index (χ0n) is 13.0. The van der Waals surface area contributed by atoms with Crippen molar-refractivity contribution in [1.29, 1.82) is 0 Å². The van der Waals surface area contributed by atoms with Crippen LogP contribution in [0.4, 0.5) is 0 Å². The topological polar surface area (TPSA) is 109 Å². The van der Waals surface area contributed by atoms with Gasteiger partial charge < -0.3 is 15.0 Å². The van der Waals surface area contributed by atoms with Crippen LogP contribution in [0.25, 0.3) is 10.9 Å². The van der Waals surface area contributed by atoms with Crippen LogP contribution in [0.5, 0.6) is 5.75 Å². The van der Waals surface area contributed by atoms with Crippen LogP contribution in [0.1, 0.15) is 5.69 Å². The minimum absolute atomic E-state index is 0.163. The lowest BCUT2D eigenvalue weighted by molar-refractivity contribution is -0.121. The summed E-state index contributed by atoms with van der Waals surface area (Å²) >= 11 is 0. The van der Waals surface area contributed by atoms with Crippen molar-refractivity contribution in [2.24, 2.45) is 0 Å². The highest BCUT2D eigenvalue weighted by Crippen LogP contribution is 2.21. The molecular formula is C16H16N4O4. The van der Waals surface area contributed by atoms with Gasteiger partial charge in [-0.25, -0.2) is 4.79 Å². The molecule has 3 N–H and O–H groups in total. The summed E-state index contributed by atoms with van der Waals surface area (Å²) in [6, 6.07) is 8.77. The third-order valence-corrected chi connectivity index (χ3v) is 3.57. The van der Waals surface area contributed by atoms with E-state index >= 15 is 0 Å². The van der Waals surface area contributed by atoms with Crippen molar-refractivity contribution < 1.29 is 9.53 Å². The van der Waals surface area contributed by atoms with Gasteiger partial charge in [-0.15, -0.1) is 0 Å². The van der Waals surface area contributed by atoms with E-state index in [1.807, 2.05) is 24.3 Å². The molecule has 1 amide bonds. The molecule has 0 atom stereocenters. The second-order valence-corrected chi connectivity index (χ2v) is 5.26. The van der Waals surface area contributed by atoms with Gasteiger partial charge in [-0.2, -0.15) is 0 Å². The van der Waals surface area contributed by atoms with Gasteiger partial charge in [-0.3, -0.25) is 19.1 Å². The Hall–Kier alpha value is -3.29. The molecule has 0 spiro atoms. The zero-order chi connectivity index (χ0) is 17.1. The number of amides is 1. The fourth-order valence-corrected chi connectivity index (χ4v) is 2.37. The van der Waals surface area contributed by atoms with Gasteiger partial charge in [-0.05, 0) is 24.3 Å². The summed E-state index contributed by atoms with van der Waals surface area (Å²) in [4.78, 5) is 39.8. The normalized spacial score (nSPS) is 10.7. The summed E-state index contributed by atoms with van der Waals surface area (Å²) in [6.45, 7) is 0.137. The van der Waals surface area contributed by atoms with Crippen molar-refractivity contribution >= 4 is 16.8 Å². The average molecular weight is 328 g/mol. The van der Waals surface area contributed by atoms with Crippen LogP contribution < -0.4 is 21.3 Å². The van der Waals surface area contributed by atoms with Gasteiger partial charge in [0.15, 0.2) is 0 Å². The van der Waals surface area contributed by atoms with Crippen LogP contribution in [0, 0.1) is 0 Å². The maximum absolute atomic E-state index is 11.9. The standard InChI is InChI=1S/C16H16N4O4/c1-24-12-2-3-13-10(7-12)6-11(18-13)8-17-15(22)9-20-5-4-14(21)19-16(20)23/h2-7,18H,8-9H2,1H3,(H,17,22)(H,19,21,23). The van der Waals surface area contributed by atoms with Crippen LogP contribution in [-0.2, 0) is 17.9 Å². The van der Waals surface area contributed by atoms with Crippen LogP contribution in [0.2, 0.25) is 0 Å². The van der Waals surface area contributed by atoms with Crippen LogP contribution in [0.15, 0.2) is 46.1 Å². The number of rotatable bonds is 5. The molecule has 0 aliphatic carbocycles. The summed E-state index contributed by atoms with van der Waals surface area (Å²) in [5.74, 6) is 0.426. The molecule has 1 aromatic carbocycles. The predicted molar refractivity (Wildman–Crippen MR) is 88.0 cm³/mol. The van der Waals surface area contributed by atoms with Gasteiger partial charge in [-0.1, -0.05) is 0 Å². The first-order valence-electron chi connectivity index (χ1n) is 7.27. The van der Waals surface area contributed by atoms with E-state index in [9.17, 15) is 14.4 Å². The second-order valence-electron chi connectivity index (χ2n) is 5.26. The number of methoxy groups -OCH3 is 1. The van der Waals surface area contributed by atoms with Gasteiger partial charge in [0.25, 0.3) is 5.56 Å². The number of fused-ring (bicyclic) bond motifs is 1. The fourth-order valence-electron chi connectivity index (χ4n) is 2.37. The predicted octanol–water partition coefficient (Wildman–Crippen LogP) is 0.343. The van der Waals surface area contributed by atoms with Crippen molar-refractivity contribution in [2.75, 3.05) is 7.11 Å². The van der Waals surface area contributed by atoms with Crippen LogP contribution in [-0.4, -0.2) is 27.6 Å². The SMILES string of the molecule is COc1ccc2[nH]c(CNC(=O)Cn3ccc(=O)[nH]c3=O)cc2c1. The number of nitrogens with one attached hydrogen (secondary N) is 3. The molecule has 0 fully saturated rings. The van der Waals surface area contributed by atoms with E-state index in [-0.39, 0.29) is 12.5 Å². The quantitative estimate of drug-likeness (QED) is 0.627. The van der Waals surface area contributed by atoms with Crippen molar-refractivity contribution in [3.63, 3.8) is 0 Å². The monoisotopic (exact) mass is 328 g/mol. The molecule has 0 aliphatic heterocycles. The Kier molecular flexibility index (Phi) is 4.19. The number of aromatic nitrogens is 3. The molecule has 0 saturated heterocycles. The molecule has 0 aliphatic rings. The minimum Gasteiger partial charge on any atom is -0.497 e. The molecular weight excluding hydrogens is 312 g/mol. The molecule has 2 heterocycles. The third kappa shape index (κ3) is 3.37. The molecule has 0 unspecified atom stereocenters. The number of H-pyrrole nitrogens is 2. The number of benzene rings is 1. The number of nitrogens with zero attached hydrogens (tertiary/aromatic N) is 1. The molecule has 3 rings (SSSR count). The fraction of sp³-hybridized carbons (Fsp3) is 0.188. The first-order valence-corrected chi connectivity index (χ1v) is 7.27. The summed E-state index contributed by atoms with van der Waals surface area (Å²) in [7, 11) is 1.60. The van der Waals surface area contributed by atoms with E-state index in [0.29, 0.717) is 6.54 Å². The Balaban J connectivity index is 1.65. The minimum atomic E-state index is -0.615. The molecule has 0 radical (unpaired) electrons. The number of hydrogen-bond donors (Lipinski definition) is 3. The molecule has 2 aromatic heterocycles. The number of carbonyl (C=O) groups excluding carboxylic acids is 1. The Labute approximate surface area is 136 Å². The molecule has 8 nitrogen and oxygen atoms in total. The summed E-state index contributed by atoms with van der Waals surface area (Å²) in [6.07, 6.45) is 1.29. The zero-order valence-corrected chi connectivity index (χ0v) is 13.0. The van der Waals surface area contributed by atoms with E-state index in [2.05, 4.69) is 15.3 Å². The highest BCUT2D eigenvalue weighted by Gasteiger charge is 2.07. The lowest BCUT2D eigenvalue weighted by Crippen LogP contribution is -2.35. The van der Waals surface area contributed by atoms with E-state index in [4.69, 9.17) is 4.74 Å². The Morgan fingerprint density at radius 3 is 2.79 bits per heavy atom. The van der Waals surface area contributed by atoms with Gasteiger partial charge in [0.1, 0.15) is 12.3 Å². The third-order valence-electron chi connectivity index (χ3n) is 3.57. The van der Waals surface area contributed by atoms with E-state index < -0.39 is 11.2 Å². The smallest absolute Gasteiger partial charge is 0.328 e. The van der Waals surface area contributed by atoms with Crippen molar-refractivity contribution in [1.82, 2.24) is 19.9 Å². The number of aromatic amines is 2. The number of carbonyl (C=O) groups is 1. The lowest BCUT2D eigenvalue weighted by Gasteiger charge is -2.05. The van der Waals surface area contributed by atoms with Gasteiger partial charge in [0.2, 0.25) is 5.91 Å². The van der Waals surface area contributed by atoms with E-state index in [1.54, 1.807) is 7.11 Å². The highest BCUT2D eigenvalue weighted by molar-refractivity contribution is 5.82. The molecule has 8 heteroatoms. The first-order chi connectivity index (χ1) is 11.5. The first kappa shape index (κ1) is 15.6. The van der Waals surface area contributed by atoms with Gasteiger partial charge in [0.05, 0.1) is 13.7 Å². The molecule has 3 aromatic rings. The van der Waals surface area contributed by atoms with E-state index in [0.717, 1.165) is 26.9 Å². The van der Waals surface area contributed by atoms with Gasteiger partial charge >= 0.3 is 5.69 Å². The van der Waals surface area contributed by atoms with Gasteiger partial charge in [0, 0.05) is 28.9 Å². The average Bonchev–Trinajstić information content (AvgIpc) is 2.97. The molecule has 0 bridgehead atoms. The van der Waals surface area contributed by atoms with Crippen molar-refractivity contribution in [2.45, 2.75) is 13.1 Å². The molecule has 0 saturated carbocycles. The van der Waals surface area contributed by atoms with E-state index in [1.165, 1.54) is 12.3 Å². The summed E-state index contributed by atoms with van der Waals surface area (Å²) < 4.78 is 6.31. The van der Waals surface area contributed by atoms with Crippen LogP contribution in [0.3, 0.4) is 0 Å². The second kappa shape index (κ2) is 6.45. The Morgan fingerprint density at radius 2 is 2.04 bits per heavy atom. The summed E-state index contributed by atoms with van der Waals surface area (Å²) in [5.41, 5.74) is 0.665. The number of ether oxygens (including phenoxy) is 1. The number of hydrogen-bond acceptors (Lipinski definition) is 4. The summed E-state index contributed by atoms with van der Waals surface area (Å²) in [5, 5.41) is 3.71. The Morgan fingerprint density at radius 1 is 1.21 bits per heavy atom. The molecule has 24 heavy (non-hydrogen) atoms. The maximum atomic E-state index is 11.9. The Bertz CT molecular complexity index is 999. The highest BCUT2D eigenvalue weighted by atomic mass is 16.5. The maximum Gasteiger partial charge on any atom is 0.328 e. The van der Waals surface area contributed by atoms with Crippen molar-refractivity contribution in [3.8, 4) is 5.75 Å². The largest absolute Gasteiger partial charge is 0.497 e. The molecule has 124 valence electrons. The van der Waals surface area contributed by atoms with Crippen LogP contribution >= 0.6 is 0 Å². The lowest BCUT2D eigenvalue weighted by atomic mass is 10.2.